The van der Waals surface area contributed by atoms with Crippen molar-refractivity contribution in [3.05, 3.63) is 59.4 Å². The van der Waals surface area contributed by atoms with Crippen LogP contribution in [0.15, 0.2) is 48.5 Å². The van der Waals surface area contributed by atoms with Crippen LogP contribution < -0.4 is 15.1 Å². The van der Waals surface area contributed by atoms with Gasteiger partial charge in [0.2, 0.25) is 5.91 Å². The predicted octanol–water partition coefficient (Wildman–Crippen LogP) is 2.27. The lowest BCUT2D eigenvalue weighted by Crippen LogP contribution is -3.17. The number of likely N-dealkylation sites (tertiary alicyclic amines) is 1. The maximum absolute atomic E-state index is 13.0. The fourth-order valence-electron chi connectivity index (χ4n) is 4.08. The minimum Gasteiger partial charge on any atom is -0.382 e. The lowest BCUT2D eigenvalue weighted by Gasteiger charge is -2.32. The number of carbonyl (C=O) groups excluding carboxylic acids is 2. The Morgan fingerprint density at radius 3 is 2.29 bits per heavy atom. The Morgan fingerprint density at radius 2 is 1.64 bits per heavy atom. The molecule has 2 aliphatic heterocycles. The molecule has 0 aromatic heterocycles. The SMILES string of the molecule is O=C1C[C@@H]([NH+]2CCC(Nc3ccc(F)cc3)CC2)C(=O)N1c1ccc(Cl)cc1. The molecule has 2 fully saturated rings. The van der Waals surface area contributed by atoms with Gasteiger partial charge in [-0.1, -0.05) is 11.6 Å². The minimum absolute atomic E-state index is 0.132. The van der Waals surface area contributed by atoms with Gasteiger partial charge in [-0.05, 0) is 48.5 Å². The van der Waals surface area contributed by atoms with Crippen LogP contribution in [0.3, 0.4) is 0 Å². The summed E-state index contributed by atoms with van der Waals surface area (Å²) < 4.78 is 13.0. The highest BCUT2D eigenvalue weighted by atomic mass is 35.5. The third-order valence-electron chi connectivity index (χ3n) is 5.57. The van der Waals surface area contributed by atoms with Crippen LogP contribution in [-0.4, -0.2) is 37.0 Å². The third kappa shape index (κ3) is 3.88. The Kier molecular flexibility index (Phi) is 5.33. The van der Waals surface area contributed by atoms with E-state index in [1.165, 1.54) is 17.0 Å². The molecular formula is C21H22ClFN3O2+. The summed E-state index contributed by atoms with van der Waals surface area (Å²) >= 11 is 5.90. The molecule has 0 spiro atoms. The highest BCUT2D eigenvalue weighted by molar-refractivity contribution is 6.30. The van der Waals surface area contributed by atoms with Crippen LogP contribution in [0, 0.1) is 5.82 Å². The number of imide groups is 1. The van der Waals surface area contributed by atoms with Gasteiger partial charge in [-0.15, -0.1) is 0 Å². The fourth-order valence-corrected chi connectivity index (χ4v) is 4.20. The van der Waals surface area contributed by atoms with Crippen molar-refractivity contribution in [1.29, 1.82) is 0 Å². The second-order valence-electron chi connectivity index (χ2n) is 7.38. The van der Waals surface area contributed by atoms with Gasteiger partial charge >= 0.3 is 0 Å². The highest BCUT2D eigenvalue weighted by Crippen LogP contribution is 2.24. The molecular weight excluding hydrogens is 381 g/mol. The van der Waals surface area contributed by atoms with Crippen molar-refractivity contribution >= 4 is 34.8 Å². The zero-order valence-corrected chi connectivity index (χ0v) is 16.1. The lowest BCUT2D eigenvalue weighted by molar-refractivity contribution is -0.919. The van der Waals surface area contributed by atoms with Crippen LogP contribution in [-0.2, 0) is 9.59 Å². The van der Waals surface area contributed by atoms with E-state index in [0.717, 1.165) is 36.5 Å². The summed E-state index contributed by atoms with van der Waals surface area (Å²) in [6.07, 6.45) is 2.03. The van der Waals surface area contributed by atoms with Crippen LogP contribution in [0.4, 0.5) is 15.8 Å². The Labute approximate surface area is 168 Å². The van der Waals surface area contributed by atoms with E-state index in [4.69, 9.17) is 11.6 Å². The number of nitrogens with one attached hydrogen (secondary N) is 2. The van der Waals surface area contributed by atoms with Crippen molar-refractivity contribution in [3.63, 3.8) is 0 Å². The fraction of sp³-hybridized carbons (Fsp3) is 0.333. The third-order valence-corrected chi connectivity index (χ3v) is 5.82. The van der Waals surface area contributed by atoms with E-state index in [0.29, 0.717) is 10.7 Å². The van der Waals surface area contributed by atoms with Gasteiger partial charge in [-0.2, -0.15) is 0 Å². The molecule has 2 amide bonds. The lowest BCUT2D eigenvalue weighted by atomic mass is 10.0. The largest absolute Gasteiger partial charge is 0.382 e. The first-order valence-corrected chi connectivity index (χ1v) is 9.88. The number of anilines is 2. The van der Waals surface area contributed by atoms with Crippen LogP contribution in [0.2, 0.25) is 5.02 Å². The van der Waals surface area contributed by atoms with Crippen molar-refractivity contribution in [3.8, 4) is 0 Å². The minimum atomic E-state index is -0.324. The van der Waals surface area contributed by atoms with Crippen LogP contribution in [0.1, 0.15) is 19.3 Å². The molecule has 2 heterocycles. The van der Waals surface area contributed by atoms with Crippen molar-refractivity contribution in [2.75, 3.05) is 23.3 Å². The summed E-state index contributed by atoms with van der Waals surface area (Å²) in [6.45, 7) is 1.63. The summed E-state index contributed by atoms with van der Waals surface area (Å²) in [5.74, 6) is -0.539. The average Bonchev–Trinajstić information content (AvgIpc) is 2.99. The molecule has 5 nitrogen and oxygen atoms in total. The zero-order chi connectivity index (χ0) is 19.7. The number of halogens is 2. The maximum Gasteiger partial charge on any atom is 0.292 e. The highest BCUT2D eigenvalue weighted by Gasteiger charge is 2.46. The summed E-state index contributed by atoms with van der Waals surface area (Å²) in [6, 6.07) is 13.1. The molecule has 28 heavy (non-hydrogen) atoms. The van der Waals surface area contributed by atoms with E-state index >= 15 is 0 Å². The van der Waals surface area contributed by atoms with Crippen LogP contribution in [0.25, 0.3) is 0 Å². The molecule has 2 aromatic rings. The summed E-state index contributed by atoms with van der Waals surface area (Å²) in [5.41, 5.74) is 1.48. The Bertz CT molecular complexity index is 864. The first-order valence-electron chi connectivity index (χ1n) is 9.50. The molecule has 0 bridgehead atoms. The standard InChI is InChI=1S/C21H21ClFN3O2/c22-14-1-7-18(8-2-14)26-20(27)13-19(21(26)28)25-11-9-17(10-12-25)24-16-5-3-15(23)4-6-16/h1-8,17,19,24H,9-13H2/p+1/t19-/m1/s1. The van der Waals surface area contributed by atoms with Gasteiger partial charge in [-0.25, -0.2) is 9.29 Å². The van der Waals surface area contributed by atoms with Gasteiger partial charge in [-0.3, -0.25) is 9.59 Å². The number of benzene rings is 2. The number of hydrogen-bond donors (Lipinski definition) is 2. The average molecular weight is 403 g/mol. The molecule has 0 aliphatic carbocycles. The summed E-state index contributed by atoms with van der Waals surface area (Å²) in [7, 11) is 0. The molecule has 7 heteroatoms. The summed E-state index contributed by atoms with van der Waals surface area (Å²) in [5, 5.41) is 3.99. The Morgan fingerprint density at radius 1 is 1.00 bits per heavy atom. The molecule has 146 valence electrons. The monoisotopic (exact) mass is 402 g/mol. The number of hydrogen-bond acceptors (Lipinski definition) is 3. The van der Waals surface area contributed by atoms with Gasteiger partial charge in [0.25, 0.3) is 5.91 Å². The van der Waals surface area contributed by atoms with E-state index in [-0.39, 0.29) is 36.1 Å². The second kappa shape index (κ2) is 7.89. The molecule has 2 aromatic carbocycles. The van der Waals surface area contributed by atoms with E-state index in [1.54, 1.807) is 36.4 Å². The van der Waals surface area contributed by atoms with Crippen LogP contribution in [0.5, 0.6) is 0 Å². The molecule has 4 rings (SSSR count). The van der Waals surface area contributed by atoms with Crippen LogP contribution >= 0.6 is 11.6 Å². The smallest absolute Gasteiger partial charge is 0.292 e. The number of piperidine rings is 1. The number of amides is 2. The number of rotatable bonds is 4. The Hall–Kier alpha value is -2.44. The van der Waals surface area contributed by atoms with Crippen molar-refractivity contribution < 1.29 is 18.9 Å². The quantitative estimate of drug-likeness (QED) is 0.771. The normalized spacial score (nSPS) is 25.2. The Balaban J connectivity index is 1.37. The molecule has 0 radical (unpaired) electrons. The van der Waals surface area contributed by atoms with Gasteiger partial charge in [0.15, 0.2) is 6.04 Å². The van der Waals surface area contributed by atoms with E-state index in [1.807, 2.05) is 0 Å². The number of carbonyl (C=O) groups is 2. The van der Waals surface area contributed by atoms with Gasteiger partial charge in [0.05, 0.1) is 25.2 Å². The zero-order valence-electron chi connectivity index (χ0n) is 15.3. The van der Waals surface area contributed by atoms with Gasteiger partial charge < -0.3 is 10.2 Å². The summed E-state index contributed by atoms with van der Waals surface area (Å²) in [4.78, 5) is 27.8. The van der Waals surface area contributed by atoms with E-state index in [9.17, 15) is 14.0 Å². The van der Waals surface area contributed by atoms with E-state index in [2.05, 4.69) is 5.32 Å². The number of nitrogens with zero attached hydrogens (tertiary/aromatic N) is 1. The van der Waals surface area contributed by atoms with Crippen molar-refractivity contribution in [2.45, 2.75) is 31.3 Å². The first kappa shape index (κ1) is 18.9. The van der Waals surface area contributed by atoms with Crippen molar-refractivity contribution in [2.24, 2.45) is 0 Å². The first-order chi connectivity index (χ1) is 13.5. The predicted molar refractivity (Wildman–Crippen MR) is 106 cm³/mol. The molecule has 2 saturated heterocycles. The maximum atomic E-state index is 13.0. The molecule has 1 atom stereocenters. The molecule has 2 N–H and O–H groups in total. The van der Waals surface area contributed by atoms with Crippen molar-refractivity contribution in [1.82, 2.24) is 0 Å². The van der Waals surface area contributed by atoms with Gasteiger partial charge in [0, 0.05) is 29.6 Å². The van der Waals surface area contributed by atoms with Gasteiger partial charge in [0.1, 0.15) is 5.82 Å². The number of quaternary nitrogens is 1. The molecule has 0 saturated carbocycles. The molecule has 0 unspecified atom stereocenters. The second-order valence-corrected chi connectivity index (χ2v) is 7.82. The van der Waals surface area contributed by atoms with E-state index < -0.39 is 0 Å². The topological polar surface area (TPSA) is 53.9 Å². The molecule has 2 aliphatic rings.